The lowest BCUT2D eigenvalue weighted by atomic mass is 10.4. The fourth-order valence-electron chi connectivity index (χ4n) is 0.503. The van der Waals surface area contributed by atoms with Crippen LogP contribution in [-0.4, -0.2) is 4.98 Å². The Hall–Kier alpha value is -0.250. The van der Waals surface area contributed by atoms with Gasteiger partial charge in [0.05, 0.1) is 5.69 Å². The second-order valence-electron chi connectivity index (χ2n) is 1.74. The van der Waals surface area contributed by atoms with Gasteiger partial charge in [0.25, 0.3) is 0 Å². The molecule has 2 nitrogen and oxygen atoms in total. The first-order valence-electron chi connectivity index (χ1n) is 2.49. The van der Waals surface area contributed by atoms with Crippen molar-refractivity contribution in [1.29, 1.82) is 0 Å². The molecule has 0 radical (unpaired) electrons. The van der Waals surface area contributed by atoms with Gasteiger partial charge >= 0.3 is 0 Å². The summed E-state index contributed by atoms with van der Waals surface area (Å²) in [7, 11) is 0. The summed E-state index contributed by atoms with van der Waals surface area (Å²) in [6.07, 6.45) is 0. The van der Waals surface area contributed by atoms with Crippen LogP contribution < -0.4 is 5.73 Å². The Morgan fingerprint density at radius 1 is 1.18 bits per heavy atom. The third kappa shape index (κ3) is 1.50. The molecule has 0 aromatic carbocycles. The zero-order valence-corrected chi connectivity index (χ0v) is 7.30. The topological polar surface area (TPSA) is 38.9 Å². The highest BCUT2D eigenvalue weighted by Gasteiger charge is 2.13. The molecular formula is C5H2Cl3FN2. The van der Waals surface area contributed by atoms with Crippen LogP contribution in [0.2, 0.25) is 15.3 Å². The van der Waals surface area contributed by atoms with E-state index in [0.717, 1.165) is 0 Å². The van der Waals surface area contributed by atoms with Gasteiger partial charge in [-0.15, -0.1) is 0 Å². The molecule has 1 heterocycles. The van der Waals surface area contributed by atoms with E-state index in [4.69, 9.17) is 40.5 Å². The predicted molar refractivity (Wildman–Crippen MR) is 43.6 cm³/mol. The number of nitrogens with zero attached hydrogens (tertiary/aromatic N) is 1. The van der Waals surface area contributed by atoms with Crippen molar-refractivity contribution in [3.05, 3.63) is 21.1 Å². The Balaban J connectivity index is 3.46. The van der Waals surface area contributed by atoms with Gasteiger partial charge in [0.1, 0.15) is 5.02 Å². The second kappa shape index (κ2) is 3.01. The maximum absolute atomic E-state index is 12.7. The lowest BCUT2D eigenvalue weighted by Crippen LogP contribution is -1.95. The highest BCUT2D eigenvalue weighted by molar-refractivity contribution is 6.43. The van der Waals surface area contributed by atoms with Crippen molar-refractivity contribution in [3.63, 3.8) is 0 Å². The molecular weight excluding hydrogens is 213 g/mol. The Kier molecular flexibility index (Phi) is 2.42. The minimum atomic E-state index is -0.846. The minimum Gasteiger partial charge on any atom is -0.395 e. The van der Waals surface area contributed by atoms with Crippen LogP contribution in [0.5, 0.6) is 0 Å². The molecule has 0 fully saturated rings. The van der Waals surface area contributed by atoms with Crippen LogP contribution in [0, 0.1) is 5.82 Å². The van der Waals surface area contributed by atoms with Crippen molar-refractivity contribution in [1.82, 2.24) is 4.98 Å². The van der Waals surface area contributed by atoms with E-state index in [2.05, 4.69) is 4.98 Å². The molecule has 0 saturated carbocycles. The number of nitrogen functional groups attached to an aromatic ring is 1. The van der Waals surface area contributed by atoms with Gasteiger partial charge in [-0.25, -0.2) is 9.37 Å². The standard InChI is InChI=1S/C5H2Cl3FN2/c6-1-3(10)2(9)5(8)11-4(1)7/h(H2,10,11). The first-order valence-corrected chi connectivity index (χ1v) is 3.63. The SMILES string of the molecule is Nc1c(F)c(Cl)nc(Cl)c1Cl. The average molecular weight is 215 g/mol. The fourth-order valence-corrected chi connectivity index (χ4v) is 1.04. The van der Waals surface area contributed by atoms with E-state index in [-0.39, 0.29) is 21.0 Å². The third-order valence-electron chi connectivity index (χ3n) is 1.03. The molecule has 2 N–H and O–H groups in total. The van der Waals surface area contributed by atoms with Gasteiger partial charge in [0, 0.05) is 0 Å². The first-order chi connectivity index (χ1) is 5.04. The van der Waals surface area contributed by atoms with E-state index >= 15 is 0 Å². The van der Waals surface area contributed by atoms with Crippen molar-refractivity contribution in [3.8, 4) is 0 Å². The van der Waals surface area contributed by atoms with E-state index < -0.39 is 5.82 Å². The number of halogens is 4. The van der Waals surface area contributed by atoms with Crippen LogP contribution in [0.4, 0.5) is 10.1 Å². The fraction of sp³-hybridized carbons (Fsp3) is 0. The molecule has 0 bridgehead atoms. The number of pyridine rings is 1. The summed E-state index contributed by atoms with van der Waals surface area (Å²) in [6, 6.07) is 0. The van der Waals surface area contributed by atoms with Crippen molar-refractivity contribution in [2.75, 3.05) is 5.73 Å². The molecule has 1 aromatic rings. The maximum atomic E-state index is 12.7. The van der Waals surface area contributed by atoms with Gasteiger partial charge in [0.2, 0.25) is 0 Å². The van der Waals surface area contributed by atoms with Gasteiger partial charge in [-0.05, 0) is 0 Å². The Labute approximate surface area is 77.1 Å². The highest BCUT2D eigenvalue weighted by atomic mass is 35.5. The number of hydrogen-bond acceptors (Lipinski definition) is 2. The summed E-state index contributed by atoms with van der Waals surface area (Å²) < 4.78 is 12.7. The Morgan fingerprint density at radius 2 is 1.73 bits per heavy atom. The summed E-state index contributed by atoms with van der Waals surface area (Å²) in [5, 5.41) is -0.596. The summed E-state index contributed by atoms with van der Waals surface area (Å²) in [5.74, 6) is -0.846. The molecule has 1 aromatic heterocycles. The third-order valence-corrected chi connectivity index (χ3v) is 2.03. The molecule has 0 saturated heterocycles. The predicted octanol–water partition coefficient (Wildman–Crippen LogP) is 2.76. The number of aromatic nitrogens is 1. The van der Waals surface area contributed by atoms with Crippen LogP contribution in [-0.2, 0) is 0 Å². The molecule has 60 valence electrons. The van der Waals surface area contributed by atoms with E-state index in [1.807, 2.05) is 0 Å². The molecule has 0 aliphatic heterocycles. The van der Waals surface area contributed by atoms with Crippen LogP contribution in [0.1, 0.15) is 0 Å². The van der Waals surface area contributed by atoms with Crippen molar-refractivity contribution in [2.45, 2.75) is 0 Å². The second-order valence-corrected chi connectivity index (χ2v) is 2.83. The number of rotatable bonds is 0. The molecule has 1 rings (SSSR count). The van der Waals surface area contributed by atoms with E-state index in [1.54, 1.807) is 0 Å². The monoisotopic (exact) mass is 214 g/mol. The van der Waals surface area contributed by atoms with Gasteiger partial charge in [-0.3, -0.25) is 0 Å². The highest BCUT2D eigenvalue weighted by Crippen LogP contribution is 2.31. The zero-order valence-electron chi connectivity index (χ0n) is 5.04. The van der Waals surface area contributed by atoms with Gasteiger partial charge in [-0.1, -0.05) is 34.8 Å². The summed E-state index contributed by atoms with van der Waals surface area (Å²) >= 11 is 16.1. The normalized spacial score (nSPS) is 10.2. The van der Waals surface area contributed by atoms with Crippen LogP contribution in [0.25, 0.3) is 0 Å². The largest absolute Gasteiger partial charge is 0.395 e. The van der Waals surface area contributed by atoms with Crippen molar-refractivity contribution >= 4 is 40.5 Å². The van der Waals surface area contributed by atoms with E-state index in [9.17, 15) is 4.39 Å². The van der Waals surface area contributed by atoms with Crippen molar-refractivity contribution in [2.24, 2.45) is 0 Å². The molecule has 0 atom stereocenters. The quantitative estimate of drug-likeness (QED) is 0.676. The molecule has 6 heteroatoms. The Bertz CT molecular complexity index is 276. The average Bonchev–Trinajstić information content (AvgIpc) is 1.97. The van der Waals surface area contributed by atoms with Crippen LogP contribution in [0.3, 0.4) is 0 Å². The molecule has 0 amide bonds. The summed E-state index contributed by atoms with van der Waals surface area (Å²) in [5.41, 5.74) is 4.89. The number of anilines is 1. The van der Waals surface area contributed by atoms with Crippen molar-refractivity contribution < 1.29 is 4.39 Å². The summed E-state index contributed by atoms with van der Waals surface area (Å²) in [4.78, 5) is 3.38. The molecule has 0 aliphatic rings. The van der Waals surface area contributed by atoms with Gasteiger partial charge in [-0.2, -0.15) is 0 Å². The lowest BCUT2D eigenvalue weighted by molar-refractivity contribution is 0.627. The minimum absolute atomic E-state index is 0.101. The van der Waals surface area contributed by atoms with Crippen LogP contribution in [0.15, 0.2) is 0 Å². The lowest BCUT2D eigenvalue weighted by Gasteiger charge is -2.01. The Morgan fingerprint density at radius 3 is 2.27 bits per heavy atom. The molecule has 11 heavy (non-hydrogen) atoms. The van der Waals surface area contributed by atoms with E-state index in [0.29, 0.717) is 0 Å². The first kappa shape index (κ1) is 8.84. The number of nitrogens with two attached hydrogens (primary N) is 1. The zero-order chi connectivity index (χ0) is 8.59. The number of hydrogen-bond donors (Lipinski definition) is 1. The van der Waals surface area contributed by atoms with Gasteiger partial charge < -0.3 is 5.73 Å². The maximum Gasteiger partial charge on any atom is 0.184 e. The molecule has 0 spiro atoms. The molecule has 0 unspecified atom stereocenters. The van der Waals surface area contributed by atoms with Gasteiger partial charge in [0.15, 0.2) is 16.1 Å². The van der Waals surface area contributed by atoms with Crippen LogP contribution >= 0.6 is 34.8 Å². The summed E-state index contributed by atoms with van der Waals surface area (Å²) in [6.45, 7) is 0. The van der Waals surface area contributed by atoms with E-state index in [1.165, 1.54) is 0 Å². The molecule has 0 aliphatic carbocycles. The smallest absolute Gasteiger partial charge is 0.184 e.